The number of benzene rings is 1. The van der Waals surface area contributed by atoms with Crippen LogP contribution in [-0.4, -0.2) is 11.0 Å². The van der Waals surface area contributed by atoms with Gasteiger partial charge in [-0.25, -0.2) is 0 Å². The second-order valence-electron chi connectivity index (χ2n) is 4.84. The number of nitrogens with one attached hydrogen (secondary N) is 1. The summed E-state index contributed by atoms with van der Waals surface area (Å²) in [7, 11) is 0. The average Bonchev–Trinajstić information content (AvgIpc) is 2.58. The Hall–Kier alpha value is -1.71. The van der Waals surface area contributed by atoms with E-state index in [1.165, 1.54) is 19.3 Å². The summed E-state index contributed by atoms with van der Waals surface area (Å²) in [5.41, 5.74) is 8.00. The second-order valence-corrected chi connectivity index (χ2v) is 4.84. The molecule has 2 aromatic rings. The first-order chi connectivity index (χ1) is 8.24. The molecule has 1 saturated carbocycles. The number of nitrogens with two attached hydrogens (primary N) is 1. The first-order valence-corrected chi connectivity index (χ1v) is 6.15. The summed E-state index contributed by atoms with van der Waals surface area (Å²) in [5, 5.41) is 3.33. The Balaban J connectivity index is 1.83. The molecule has 4 heteroatoms. The zero-order chi connectivity index (χ0) is 11.8. The molecule has 17 heavy (non-hydrogen) atoms. The summed E-state index contributed by atoms with van der Waals surface area (Å²) in [6.07, 6.45) is 3.95. The molecular formula is C13H17N3O. The smallest absolute Gasteiger partial charge is 0.295 e. The zero-order valence-corrected chi connectivity index (χ0v) is 9.94. The maximum atomic E-state index is 5.85. The van der Waals surface area contributed by atoms with Crippen LogP contribution in [-0.2, 0) is 0 Å². The number of hydrogen-bond acceptors (Lipinski definition) is 4. The van der Waals surface area contributed by atoms with Gasteiger partial charge in [-0.15, -0.1) is 0 Å². The Morgan fingerprint density at radius 3 is 2.94 bits per heavy atom. The van der Waals surface area contributed by atoms with Gasteiger partial charge in [0.25, 0.3) is 6.01 Å². The molecule has 0 radical (unpaired) electrons. The van der Waals surface area contributed by atoms with Crippen LogP contribution in [0, 0.1) is 5.92 Å². The van der Waals surface area contributed by atoms with Crippen LogP contribution in [0.5, 0.6) is 0 Å². The van der Waals surface area contributed by atoms with Crippen LogP contribution >= 0.6 is 0 Å². The molecule has 0 aliphatic heterocycles. The number of nitrogens with zero attached hydrogens (tertiary/aromatic N) is 1. The normalized spacial score (nSPS) is 17.9. The number of rotatable bonds is 3. The van der Waals surface area contributed by atoms with Crippen molar-refractivity contribution >= 4 is 22.8 Å². The van der Waals surface area contributed by atoms with Crippen molar-refractivity contribution in [2.75, 3.05) is 11.1 Å². The van der Waals surface area contributed by atoms with Crippen molar-refractivity contribution in [1.29, 1.82) is 0 Å². The summed E-state index contributed by atoms with van der Waals surface area (Å²) in [5.74, 6) is 0.752. The number of para-hydroxylation sites is 1. The number of aromatic nitrogens is 1. The highest BCUT2D eigenvalue weighted by atomic mass is 16.4. The molecule has 0 spiro atoms. The molecule has 1 aliphatic rings. The van der Waals surface area contributed by atoms with E-state index in [2.05, 4.69) is 17.2 Å². The molecule has 3 N–H and O–H groups in total. The molecule has 3 rings (SSSR count). The summed E-state index contributed by atoms with van der Waals surface area (Å²) in [6.45, 7) is 2.18. The van der Waals surface area contributed by atoms with E-state index >= 15 is 0 Å². The van der Waals surface area contributed by atoms with Crippen LogP contribution in [0.1, 0.15) is 26.2 Å². The van der Waals surface area contributed by atoms with Gasteiger partial charge in [0, 0.05) is 6.04 Å². The van der Waals surface area contributed by atoms with Crippen LogP contribution < -0.4 is 11.1 Å². The molecule has 90 valence electrons. The van der Waals surface area contributed by atoms with Crippen molar-refractivity contribution in [2.45, 2.75) is 32.2 Å². The molecule has 1 heterocycles. The number of anilines is 2. The highest BCUT2D eigenvalue weighted by Crippen LogP contribution is 2.31. The Morgan fingerprint density at radius 1 is 1.47 bits per heavy atom. The maximum absolute atomic E-state index is 5.85. The third-order valence-electron chi connectivity index (χ3n) is 3.66. The minimum atomic E-state index is 0.415. The predicted molar refractivity (Wildman–Crippen MR) is 68.8 cm³/mol. The molecular weight excluding hydrogens is 214 g/mol. The van der Waals surface area contributed by atoms with Gasteiger partial charge in [0.2, 0.25) is 0 Å². The lowest BCUT2D eigenvalue weighted by molar-refractivity contribution is 0.282. The first-order valence-electron chi connectivity index (χ1n) is 6.15. The van der Waals surface area contributed by atoms with E-state index < -0.39 is 0 Å². The molecule has 4 nitrogen and oxygen atoms in total. The fourth-order valence-corrected chi connectivity index (χ4v) is 2.28. The Kier molecular flexibility index (Phi) is 2.42. The average molecular weight is 231 g/mol. The molecule has 0 amide bonds. The summed E-state index contributed by atoms with van der Waals surface area (Å²) >= 11 is 0. The van der Waals surface area contributed by atoms with Crippen molar-refractivity contribution < 1.29 is 4.42 Å². The predicted octanol–water partition coefficient (Wildman–Crippen LogP) is 3.01. The van der Waals surface area contributed by atoms with E-state index in [-0.39, 0.29) is 0 Å². The SMILES string of the molecule is CC(Nc1nc2c(N)cccc2o1)C1CCC1. The van der Waals surface area contributed by atoms with E-state index in [4.69, 9.17) is 10.2 Å². The first kappa shape index (κ1) is 10.4. The second kappa shape index (κ2) is 3.95. The topological polar surface area (TPSA) is 64.1 Å². The highest BCUT2D eigenvalue weighted by Gasteiger charge is 2.24. The molecule has 1 unspecified atom stereocenters. The molecule has 0 saturated heterocycles. The van der Waals surface area contributed by atoms with Gasteiger partial charge in [-0.1, -0.05) is 12.5 Å². The minimum absolute atomic E-state index is 0.415. The molecule has 1 aliphatic carbocycles. The van der Waals surface area contributed by atoms with Gasteiger partial charge in [0.15, 0.2) is 5.58 Å². The van der Waals surface area contributed by atoms with Crippen molar-refractivity contribution in [3.8, 4) is 0 Å². The molecule has 1 aromatic heterocycles. The van der Waals surface area contributed by atoms with E-state index in [1.807, 2.05) is 18.2 Å². The van der Waals surface area contributed by atoms with Crippen LogP contribution in [0.15, 0.2) is 22.6 Å². The third-order valence-corrected chi connectivity index (χ3v) is 3.66. The summed E-state index contributed by atoms with van der Waals surface area (Å²) in [6, 6.07) is 6.60. The number of oxazole rings is 1. The number of nitrogen functional groups attached to an aromatic ring is 1. The van der Waals surface area contributed by atoms with Crippen LogP contribution in [0.25, 0.3) is 11.1 Å². The summed E-state index contributed by atoms with van der Waals surface area (Å²) in [4.78, 5) is 4.39. The lowest BCUT2D eigenvalue weighted by Crippen LogP contribution is -2.30. The van der Waals surface area contributed by atoms with Crippen LogP contribution in [0.4, 0.5) is 11.7 Å². The quantitative estimate of drug-likeness (QED) is 0.797. The van der Waals surface area contributed by atoms with Gasteiger partial charge >= 0.3 is 0 Å². The number of hydrogen-bond donors (Lipinski definition) is 2. The van der Waals surface area contributed by atoms with E-state index in [1.54, 1.807) is 0 Å². The number of fused-ring (bicyclic) bond motifs is 1. The van der Waals surface area contributed by atoms with Crippen molar-refractivity contribution in [1.82, 2.24) is 4.98 Å². The van der Waals surface area contributed by atoms with E-state index in [0.717, 1.165) is 17.0 Å². The molecule has 1 aromatic carbocycles. The minimum Gasteiger partial charge on any atom is -0.423 e. The Labute approximate surface area is 100 Å². The van der Waals surface area contributed by atoms with Crippen LogP contribution in [0.2, 0.25) is 0 Å². The standard InChI is InChI=1S/C13H17N3O/c1-8(9-4-2-5-9)15-13-16-12-10(14)6-3-7-11(12)17-13/h3,6-9H,2,4-5,14H2,1H3,(H,15,16). The molecule has 1 fully saturated rings. The zero-order valence-electron chi connectivity index (χ0n) is 9.94. The lowest BCUT2D eigenvalue weighted by Gasteiger charge is -2.31. The maximum Gasteiger partial charge on any atom is 0.295 e. The van der Waals surface area contributed by atoms with Gasteiger partial charge in [-0.3, -0.25) is 0 Å². The lowest BCUT2D eigenvalue weighted by atomic mass is 9.80. The van der Waals surface area contributed by atoms with Crippen LogP contribution in [0.3, 0.4) is 0 Å². The fraction of sp³-hybridized carbons (Fsp3) is 0.462. The Morgan fingerprint density at radius 2 is 2.29 bits per heavy atom. The van der Waals surface area contributed by atoms with Crippen molar-refractivity contribution in [3.63, 3.8) is 0 Å². The summed E-state index contributed by atoms with van der Waals surface area (Å²) < 4.78 is 5.64. The van der Waals surface area contributed by atoms with Crippen molar-refractivity contribution in [2.24, 2.45) is 5.92 Å². The van der Waals surface area contributed by atoms with Gasteiger partial charge in [-0.2, -0.15) is 4.98 Å². The van der Waals surface area contributed by atoms with E-state index in [0.29, 0.717) is 17.7 Å². The Bertz CT molecular complexity index is 530. The third kappa shape index (κ3) is 1.84. The molecule has 0 bridgehead atoms. The van der Waals surface area contributed by atoms with Gasteiger partial charge < -0.3 is 15.5 Å². The largest absolute Gasteiger partial charge is 0.423 e. The monoisotopic (exact) mass is 231 g/mol. The van der Waals surface area contributed by atoms with Crippen molar-refractivity contribution in [3.05, 3.63) is 18.2 Å². The van der Waals surface area contributed by atoms with Gasteiger partial charge in [0.1, 0.15) is 5.52 Å². The highest BCUT2D eigenvalue weighted by molar-refractivity contribution is 5.86. The fourth-order valence-electron chi connectivity index (χ4n) is 2.28. The van der Waals surface area contributed by atoms with Gasteiger partial charge in [0.05, 0.1) is 5.69 Å². The van der Waals surface area contributed by atoms with Gasteiger partial charge in [-0.05, 0) is 37.8 Å². The molecule has 1 atom stereocenters. The van der Waals surface area contributed by atoms with E-state index in [9.17, 15) is 0 Å².